The summed E-state index contributed by atoms with van der Waals surface area (Å²) in [5, 5.41) is 0. The summed E-state index contributed by atoms with van der Waals surface area (Å²) in [5.74, 6) is -0.129. The number of H-pyrrole nitrogens is 1. The van der Waals surface area contributed by atoms with Crippen LogP contribution in [0.4, 0.5) is 4.79 Å². The van der Waals surface area contributed by atoms with Gasteiger partial charge in [0.25, 0.3) is 0 Å². The molecule has 0 saturated carbocycles. The number of carbonyl (C=O) groups is 2. The predicted octanol–water partition coefficient (Wildman–Crippen LogP) is 2.38. The van der Waals surface area contributed by atoms with Crippen molar-refractivity contribution < 1.29 is 14.3 Å². The fourth-order valence-corrected chi connectivity index (χ4v) is 1.68. The van der Waals surface area contributed by atoms with Gasteiger partial charge in [-0.15, -0.1) is 0 Å². The third-order valence-electron chi connectivity index (χ3n) is 3.05. The highest BCUT2D eigenvalue weighted by molar-refractivity contribution is 5.90. The molecule has 0 atom stereocenters. The second-order valence-corrected chi connectivity index (χ2v) is 4.85. The molecule has 0 saturated heterocycles. The van der Waals surface area contributed by atoms with Crippen LogP contribution in [-0.4, -0.2) is 40.5 Å². The standard InChI is InChI=1S/C14H22N2O3/c1-5-16(6-2)13(18)19-14(3,4)12(17)10-11-8-7-9-15-11/h7-9,15H,5-6,10H2,1-4H3. The fraction of sp³-hybridized carbons (Fsp3) is 0.571. The van der Waals surface area contributed by atoms with E-state index in [4.69, 9.17) is 4.74 Å². The number of Topliss-reactive ketones (excluding diaryl/α,β-unsaturated/α-hetero) is 1. The number of ether oxygens (including phenoxy) is 1. The first-order valence-corrected chi connectivity index (χ1v) is 6.54. The smallest absolute Gasteiger partial charge is 0.410 e. The lowest BCUT2D eigenvalue weighted by molar-refractivity contribution is -0.134. The first-order valence-electron chi connectivity index (χ1n) is 6.54. The Labute approximate surface area is 113 Å². The Morgan fingerprint density at radius 1 is 1.32 bits per heavy atom. The molecule has 0 fully saturated rings. The number of carbonyl (C=O) groups excluding carboxylic acids is 2. The van der Waals surface area contributed by atoms with Crippen LogP contribution in [0.2, 0.25) is 0 Å². The lowest BCUT2D eigenvalue weighted by Gasteiger charge is -2.27. The number of aromatic amines is 1. The maximum atomic E-state index is 12.2. The van der Waals surface area contributed by atoms with Crippen molar-refractivity contribution in [1.29, 1.82) is 0 Å². The van der Waals surface area contributed by atoms with Crippen LogP contribution in [0.25, 0.3) is 0 Å². The number of ketones is 1. The van der Waals surface area contributed by atoms with E-state index in [2.05, 4.69) is 4.98 Å². The van der Waals surface area contributed by atoms with Crippen molar-refractivity contribution in [2.45, 2.75) is 39.7 Å². The highest BCUT2D eigenvalue weighted by Gasteiger charge is 2.33. The van der Waals surface area contributed by atoms with E-state index in [1.165, 1.54) is 0 Å². The molecule has 106 valence electrons. The van der Waals surface area contributed by atoms with Gasteiger partial charge in [-0.3, -0.25) is 4.79 Å². The molecule has 0 bridgehead atoms. The van der Waals surface area contributed by atoms with Gasteiger partial charge in [-0.25, -0.2) is 4.79 Å². The molecule has 1 aromatic heterocycles. The molecule has 0 spiro atoms. The summed E-state index contributed by atoms with van der Waals surface area (Å²) >= 11 is 0. The zero-order valence-corrected chi connectivity index (χ0v) is 12.0. The number of nitrogens with zero attached hydrogens (tertiary/aromatic N) is 1. The summed E-state index contributed by atoms with van der Waals surface area (Å²) in [5.41, 5.74) is -0.304. The van der Waals surface area contributed by atoms with E-state index in [-0.39, 0.29) is 12.2 Å². The maximum absolute atomic E-state index is 12.2. The topological polar surface area (TPSA) is 62.4 Å². The van der Waals surface area contributed by atoms with Crippen LogP contribution >= 0.6 is 0 Å². The number of rotatable bonds is 6. The molecule has 1 amide bonds. The average molecular weight is 266 g/mol. The van der Waals surface area contributed by atoms with Gasteiger partial charge in [-0.05, 0) is 39.8 Å². The van der Waals surface area contributed by atoms with E-state index in [1.54, 1.807) is 24.9 Å². The first kappa shape index (κ1) is 15.3. The summed E-state index contributed by atoms with van der Waals surface area (Å²) in [6.45, 7) is 8.13. The molecule has 5 nitrogen and oxygen atoms in total. The third-order valence-corrected chi connectivity index (χ3v) is 3.05. The minimum atomic E-state index is -1.12. The number of nitrogens with one attached hydrogen (secondary N) is 1. The first-order chi connectivity index (χ1) is 8.90. The highest BCUT2D eigenvalue weighted by atomic mass is 16.6. The molecule has 1 aromatic rings. The maximum Gasteiger partial charge on any atom is 0.410 e. The van der Waals surface area contributed by atoms with Crippen LogP contribution < -0.4 is 0 Å². The number of hydrogen-bond acceptors (Lipinski definition) is 3. The Balaban J connectivity index is 2.64. The van der Waals surface area contributed by atoms with Gasteiger partial charge in [0.2, 0.25) is 0 Å². The van der Waals surface area contributed by atoms with Crippen LogP contribution in [0.15, 0.2) is 18.3 Å². The Morgan fingerprint density at radius 3 is 2.42 bits per heavy atom. The van der Waals surface area contributed by atoms with Gasteiger partial charge < -0.3 is 14.6 Å². The van der Waals surface area contributed by atoms with Crippen molar-refractivity contribution in [3.63, 3.8) is 0 Å². The van der Waals surface area contributed by atoms with Gasteiger partial charge in [0, 0.05) is 25.0 Å². The zero-order valence-electron chi connectivity index (χ0n) is 12.0. The van der Waals surface area contributed by atoms with Crippen molar-refractivity contribution >= 4 is 11.9 Å². The van der Waals surface area contributed by atoms with Gasteiger partial charge >= 0.3 is 6.09 Å². The van der Waals surface area contributed by atoms with Crippen molar-refractivity contribution in [1.82, 2.24) is 9.88 Å². The third kappa shape index (κ3) is 4.12. The second kappa shape index (κ2) is 6.41. The van der Waals surface area contributed by atoms with Gasteiger partial charge in [-0.2, -0.15) is 0 Å². The lowest BCUT2D eigenvalue weighted by Crippen LogP contribution is -2.43. The van der Waals surface area contributed by atoms with Gasteiger partial charge in [0.1, 0.15) is 0 Å². The molecule has 0 unspecified atom stereocenters. The number of amides is 1. The quantitative estimate of drug-likeness (QED) is 0.860. The normalized spacial score (nSPS) is 11.2. The van der Waals surface area contributed by atoms with Gasteiger partial charge in [0.15, 0.2) is 11.4 Å². The molecule has 1 rings (SSSR count). The summed E-state index contributed by atoms with van der Waals surface area (Å²) < 4.78 is 5.32. The van der Waals surface area contributed by atoms with Crippen LogP contribution in [0, 0.1) is 0 Å². The number of aromatic nitrogens is 1. The van der Waals surface area contributed by atoms with Crippen LogP contribution in [0.1, 0.15) is 33.4 Å². The SMILES string of the molecule is CCN(CC)C(=O)OC(C)(C)C(=O)Cc1ccc[nH]1. The lowest BCUT2D eigenvalue weighted by atomic mass is 9.99. The molecule has 1 N–H and O–H groups in total. The molecular formula is C14H22N2O3. The molecule has 0 aliphatic heterocycles. The largest absolute Gasteiger partial charge is 0.435 e. The summed E-state index contributed by atoms with van der Waals surface area (Å²) in [4.78, 5) is 28.5. The Bertz CT molecular complexity index is 420. The summed E-state index contributed by atoms with van der Waals surface area (Å²) in [6, 6.07) is 3.66. The van der Waals surface area contributed by atoms with E-state index in [1.807, 2.05) is 26.0 Å². The van der Waals surface area contributed by atoms with Crippen molar-refractivity contribution in [2.75, 3.05) is 13.1 Å². The van der Waals surface area contributed by atoms with E-state index in [0.29, 0.717) is 13.1 Å². The predicted molar refractivity (Wildman–Crippen MR) is 73.0 cm³/mol. The van der Waals surface area contributed by atoms with Crippen molar-refractivity contribution in [3.05, 3.63) is 24.0 Å². The summed E-state index contributed by atoms with van der Waals surface area (Å²) in [7, 11) is 0. The van der Waals surface area contributed by atoms with Crippen LogP contribution in [0.5, 0.6) is 0 Å². The Morgan fingerprint density at radius 2 is 1.95 bits per heavy atom. The second-order valence-electron chi connectivity index (χ2n) is 4.85. The van der Waals surface area contributed by atoms with Gasteiger partial charge in [-0.1, -0.05) is 0 Å². The zero-order chi connectivity index (χ0) is 14.5. The van der Waals surface area contributed by atoms with Crippen molar-refractivity contribution in [3.8, 4) is 0 Å². The molecule has 19 heavy (non-hydrogen) atoms. The molecule has 0 radical (unpaired) electrons. The van der Waals surface area contributed by atoms with Crippen LogP contribution in [0.3, 0.4) is 0 Å². The monoisotopic (exact) mass is 266 g/mol. The van der Waals surface area contributed by atoms with Crippen molar-refractivity contribution in [2.24, 2.45) is 0 Å². The Hall–Kier alpha value is -1.78. The minimum absolute atomic E-state index is 0.129. The van der Waals surface area contributed by atoms with E-state index < -0.39 is 11.7 Å². The molecule has 1 heterocycles. The van der Waals surface area contributed by atoms with Gasteiger partial charge in [0.05, 0.1) is 6.42 Å². The molecule has 5 heteroatoms. The van der Waals surface area contributed by atoms with E-state index in [9.17, 15) is 9.59 Å². The molecular weight excluding hydrogens is 244 g/mol. The fourth-order valence-electron chi connectivity index (χ4n) is 1.68. The minimum Gasteiger partial charge on any atom is -0.435 e. The number of hydrogen-bond donors (Lipinski definition) is 1. The average Bonchev–Trinajstić information content (AvgIpc) is 2.82. The molecule has 0 aliphatic carbocycles. The molecule has 0 aliphatic rings. The summed E-state index contributed by atoms with van der Waals surface area (Å²) in [6.07, 6.45) is 1.54. The molecule has 0 aromatic carbocycles. The van der Waals surface area contributed by atoms with E-state index in [0.717, 1.165) is 5.69 Å². The Kier molecular flexibility index (Phi) is 5.15. The van der Waals surface area contributed by atoms with Crippen LogP contribution in [-0.2, 0) is 16.0 Å². The highest BCUT2D eigenvalue weighted by Crippen LogP contribution is 2.15. The van der Waals surface area contributed by atoms with E-state index >= 15 is 0 Å².